The zero-order chi connectivity index (χ0) is 15.5. The number of hydrogen-bond donors (Lipinski definition) is 2. The summed E-state index contributed by atoms with van der Waals surface area (Å²) in [5, 5.41) is 4.40. The van der Waals surface area contributed by atoms with Crippen molar-refractivity contribution in [2.45, 2.75) is 26.9 Å². The van der Waals surface area contributed by atoms with Crippen LogP contribution >= 0.6 is 0 Å². The van der Waals surface area contributed by atoms with Crippen molar-refractivity contribution >= 4 is 10.9 Å². The molecule has 0 saturated heterocycles. The molecule has 2 aromatic carbocycles. The van der Waals surface area contributed by atoms with Gasteiger partial charge in [0.2, 0.25) is 0 Å². The van der Waals surface area contributed by atoms with Crippen molar-refractivity contribution in [3.8, 4) is 0 Å². The number of H-pyrrole nitrogens is 1. The van der Waals surface area contributed by atoms with Crippen LogP contribution in [0.2, 0.25) is 0 Å². The van der Waals surface area contributed by atoms with Crippen LogP contribution in [-0.4, -0.2) is 4.98 Å². The molecule has 0 amide bonds. The highest BCUT2D eigenvalue weighted by Gasteiger charge is 2.03. The fourth-order valence-electron chi connectivity index (χ4n) is 2.54. The molecule has 1 aromatic heterocycles. The summed E-state index contributed by atoms with van der Waals surface area (Å²) in [5.41, 5.74) is 5.27. The number of fused-ring (bicyclic) bond motifs is 1. The summed E-state index contributed by atoms with van der Waals surface area (Å²) in [6, 6.07) is 16.5. The Morgan fingerprint density at radius 3 is 2.41 bits per heavy atom. The van der Waals surface area contributed by atoms with Crippen molar-refractivity contribution < 1.29 is 0 Å². The smallest absolute Gasteiger partial charge is 0.252 e. The molecule has 112 valence electrons. The van der Waals surface area contributed by atoms with Crippen LogP contribution in [0.3, 0.4) is 0 Å². The van der Waals surface area contributed by atoms with E-state index in [0.717, 1.165) is 28.6 Å². The number of benzene rings is 2. The first-order valence-corrected chi connectivity index (χ1v) is 7.51. The fourth-order valence-corrected chi connectivity index (χ4v) is 2.54. The van der Waals surface area contributed by atoms with Gasteiger partial charge in [0.15, 0.2) is 0 Å². The van der Waals surface area contributed by atoms with E-state index in [-0.39, 0.29) is 5.56 Å². The maximum atomic E-state index is 12.1. The van der Waals surface area contributed by atoms with Crippen molar-refractivity contribution in [3.63, 3.8) is 0 Å². The molecule has 0 atom stereocenters. The van der Waals surface area contributed by atoms with Crippen LogP contribution in [0, 0.1) is 13.8 Å². The number of rotatable bonds is 4. The predicted molar refractivity (Wildman–Crippen MR) is 91.0 cm³/mol. The Morgan fingerprint density at radius 2 is 1.64 bits per heavy atom. The SMILES string of the molecule is Cc1ccc(CNCc2cc3ccc(C)cc3[nH]c2=O)cc1. The van der Waals surface area contributed by atoms with Crippen LogP contribution in [0.25, 0.3) is 10.9 Å². The maximum absolute atomic E-state index is 12.1. The van der Waals surface area contributed by atoms with Crippen LogP contribution in [0.4, 0.5) is 0 Å². The summed E-state index contributed by atoms with van der Waals surface area (Å²) in [6.45, 7) is 5.42. The zero-order valence-electron chi connectivity index (χ0n) is 12.9. The molecule has 0 aliphatic carbocycles. The van der Waals surface area contributed by atoms with Gasteiger partial charge in [0, 0.05) is 24.2 Å². The van der Waals surface area contributed by atoms with Gasteiger partial charge >= 0.3 is 0 Å². The van der Waals surface area contributed by atoms with Gasteiger partial charge in [0.1, 0.15) is 0 Å². The summed E-state index contributed by atoms with van der Waals surface area (Å²) in [7, 11) is 0. The molecule has 0 bridgehead atoms. The Hall–Kier alpha value is -2.39. The Bertz CT molecular complexity index is 847. The van der Waals surface area contributed by atoms with E-state index < -0.39 is 0 Å². The number of hydrogen-bond acceptors (Lipinski definition) is 2. The lowest BCUT2D eigenvalue weighted by Gasteiger charge is -2.07. The standard InChI is InChI=1S/C19H20N2O/c1-13-3-6-15(7-4-13)11-20-12-17-10-16-8-5-14(2)9-18(16)21-19(17)22/h3-10,20H,11-12H2,1-2H3,(H,21,22). The highest BCUT2D eigenvalue weighted by atomic mass is 16.1. The van der Waals surface area contributed by atoms with Crippen molar-refractivity contribution in [1.82, 2.24) is 10.3 Å². The Labute approximate surface area is 130 Å². The molecule has 0 radical (unpaired) electrons. The van der Waals surface area contributed by atoms with E-state index in [1.165, 1.54) is 11.1 Å². The molecule has 0 fully saturated rings. The lowest BCUT2D eigenvalue weighted by atomic mass is 10.1. The third kappa shape index (κ3) is 3.26. The molecule has 3 heteroatoms. The number of pyridine rings is 1. The molecule has 1 heterocycles. The van der Waals surface area contributed by atoms with E-state index in [1.54, 1.807) is 0 Å². The molecule has 0 saturated carbocycles. The van der Waals surface area contributed by atoms with Crippen LogP contribution in [0.1, 0.15) is 22.3 Å². The molecule has 0 unspecified atom stereocenters. The van der Waals surface area contributed by atoms with Gasteiger partial charge in [-0.05, 0) is 42.5 Å². The molecule has 3 aromatic rings. The second-order valence-electron chi connectivity index (χ2n) is 5.80. The van der Waals surface area contributed by atoms with Crippen molar-refractivity contribution in [2.24, 2.45) is 0 Å². The van der Waals surface area contributed by atoms with E-state index in [9.17, 15) is 4.79 Å². The zero-order valence-corrected chi connectivity index (χ0v) is 12.9. The quantitative estimate of drug-likeness (QED) is 0.773. The van der Waals surface area contributed by atoms with Gasteiger partial charge in [-0.3, -0.25) is 4.79 Å². The highest BCUT2D eigenvalue weighted by Crippen LogP contribution is 2.13. The van der Waals surface area contributed by atoms with Crippen molar-refractivity contribution in [2.75, 3.05) is 0 Å². The summed E-state index contributed by atoms with van der Waals surface area (Å²) >= 11 is 0. The van der Waals surface area contributed by atoms with Crippen LogP contribution in [0.15, 0.2) is 53.3 Å². The maximum Gasteiger partial charge on any atom is 0.252 e. The molecule has 3 rings (SSSR count). The van der Waals surface area contributed by atoms with Gasteiger partial charge in [-0.15, -0.1) is 0 Å². The molecule has 0 aliphatic rings. The second-order valence-corrected chi connectivity index (χ2v) is 5.80. The number of nitrogens with one attached hydrogen (secondary N) is 2. The number of aryl methyl sites for hydroxylation is 2. The van der Waals surface area contributed by atoms with Gasteiger partial charge in [-0.1, -0.05) is 42.0 Å². The Morgan fingerprint density at radius 1 is 0.909 bits per heavy atom. The first-order valence-electron chi connectivity index (χ1n) is 7.51. The van der Waals surface area contributed by atoms with Gasteiger partial charge in [0.05, 0.1) is 0 Å². The lowest BCUT2D eigenvalue weighted by Crippen LogP contribution is -2.20. The van der Waals surface area contributed by atoms with Crippen LogP contribution < -0.4 is 10.9 Å². The largest absolute Gasteiger partial charge is 0.322 e. The minimum absolute atomic E-state index is 0.0190. The molecule has 0 spiro atoms. The van der Waals surface area contributed by atoms with Crippen molar-refractivity contribution in [3.05, 3.63) is 81.1 Å². The first kappa shape index (κ1) is 14.5. The average Bonchev–Trinajstić information content (AvgIpc) is 2.50. The van der Waals surface area contributed by atoms with Crippen LogP contribution in [-0.2, 0) is 13.1 Å². The predicted octanol–water partition coefficient (Wildman–Crippen LogP) is 3.43. The molecule has 3 nitrogen and oxygen atoms in total. The summed E-state index contributed by atoms with van der Waals surface area (Å²) in [6.07, 6.45) is 0. The minimum Gasteiger partial charge on any atom is -0.322 e. The molecule has 2 N–H and O–H groups in total. The summed E-state index contributed by atoms with van der Waals surface area (Å²) in [4.78, 5) is 15.1. The van der Waals surface area contributed by atoms with Gasteiger partial charge in [0.25, 0.3) is 5.56 Å². The number of aromatic amines is 1. The summed E-state index contributed by atoms with van der Waals surface area (Å²) in [5.74, 6) is 0. The monoisotopic (exact) mass is 292 g/mol. The molecule has 0 aliphatic heterocycles. The minimum atomic E-state index is -0.0190. The third-order valence-corrected chi connectivity index (χ3v) is 3.84. The van der Waals surface area contributed by atoms with Crippen LogP contribution in [0.5, 0.6) is 0 Å². The molecular formula is C19H20N2O. The molecule has 22 heavy (non-hydrogen) atoms. The molecular weight excluding hydrogens is 272 g/mol. The Balaban J connectivity index is 1.73. The lowest BCUT2D eigenvalue weighted by molar-refractivity contribution is 0.688. The van der Waals surface area contributed by atoms with E-state index in [4.69, 9.17) is 0 Å². The summed E-state index contributed by atoms with van der Waals surface area (Å²) < 4.78 is 0. The third-order valence-electron chi connectivity index (χ3n) is 3.84. The van der Waals surface area contributed by atoms with Gasteiger partial charge in [-0.25, -0.2) is 0 Å². The second kappa shape index (κ2) is 6.16. The van der Waals surface area contributed by atoms with Gasteiger partial charge < -0.3 is 10.3 Å². The van der Waals surface area contributed by atoms with Gasteiger partial charge in [-0.2, -0.15) is 0 Å². The van der Waals surface area contributed by atoms with E-state index >= 15 is 0 Å². The highest BCUT2D eigenvalue weighted by molar-refractivity contribution is 5.79. The fraction of sp³-hybridized carbons (Fsp3) is 0.211. The van der Waals surface area contributed by atoms with E-state index in [1.807, 2.05) is 25.1 Å². The number of aromatic nitrogens is 1. The normalized spacial score (nSPS) is 11.0. The van der Waals surface area contributed by atoms with E-state index in [2.05, 4.69) is 47.6 Å². The Kier molecular flexibility index (Phi) is 4.07. The van der Waals surface area contributed by atoms with E-state index in [0.29, 0.717) is 6.54 Å². The topological polar surface area (TPSA) is 44.9 Å². The van der Waals surface area contributed by atoms with Crippen molar-refractivity contribution in [1.29, 1.82) is 0 Å². The first-order chi connectivity index (χ1) is 10.6. The average molecular weight is 292 g/mol.